The van der Waals surface area contributed by atoms with Gasteiger partial charge in [0.15, 0.2) is 5.89 Å². The first-order valence-corrected chi connectivity index (χ1v) is 13.0. The molecular formula is C22H26ClF3N4O5S. The van der Waals surface area contributed by atoms with E-state index in [0.29, 0.717) is 6.42 Å². The number of alkyl halides is 2. The highest BCUT2D eigenvalue weighted by atomic mass is 35.5. The molecule has 0 spiro atoms. The molecule has 1 saturated heterocycles. The van der Waals surface area contributed by atoms with Gasteiger partial charge in [-0.2, -0.15) is 17.4 Å². The van der Waals surface area contributed by atoms with Crippen LogP contribution in [0.5, 0.6) is 0 Å². The summed E-state index contributed by atoms with van der Waals surface area (Å²) in [5.41, 5.74) is -1.90. The van der Waals surface area contributed by atoms with E-state index in [1.165, 1.54) is 25.1 Å². The van der Waals surface area contributed by atoms with Gasteiger partial charge in [-0.15, -0.1) is 0 Å². The molecule has 0 unspecified atom stereocenters. The van der Waals surface area contributed by atoms with Gasteiger partial charge in [0.05, 0.1) is 12.6 Å². The Balaban J connectivity index is 1.76. The number of aliphatic hydroxyl groups is 1. The van der Waals surface area contributed by atoms with E-state index < -0.39 is 58.5 Å². The van der Waals surface area contributed by atoms with Gasteiger partial charge in [-0.1, -0.05) is 12.1 Å². The number of carbonyl (C=O) groups excluding carboxylic acids is 1. The van der Waals surface area contributed by atoms with Gasteiger partial charge in [0, 0.05) is 26.6 Å². The number of likely N-dealkylation sites (tertiary alicyclic amines) is 1. The predicted molar refractivity (Wildman–Crippen MR) is 124 cm³/mol. The number of aromatic nitrogens is 1. The van der Waals surface area contributed by atoms with Crippen molar-refractivity contribution in [1.29, 1.82) is 0 Å². The van der Waals surface area contributed by atoms with Crippen LogP contribution in [0, 0.1) is 12.7 Å². The average Bonchev–Trinajstić information content (AvgIpc) is 3.22. The van der Waals surface area contributed by atoms with Crippen LogP contribution in [0.25, 0.3) is 11.3 Å². The molecule has 2 fully saturated rings. The summed E-state index contributed by atoms with van der Waals surface area (Å²) in [7, 11) is -2.02. The zero-order valence-electron chi connectivity index (χ0n) is 19.8. The molecule has 1 aromatic heterocycles. The molecule has 0 radical (unpaired) electrons. The fourth-order valence-electron chi connectivity index (χ4n) is 4.49. The predicted octanol–water partition coefficient (Wildman–Crippen LogP) is 2.51. The van der Waals surface area contributed by atoms with E-state index in [-0.39, 0.29) is 40.8 Å². The summed E-state index contributed by atoms with van der Waals surface area (Å²) < 4.78 is 78.8. The first-order valence-electron chi connectivity index (χ1n) is 11.2. The standard InChI is InChI=1S/C22H26ClF3N4O5S/c1-12-27-17(19(23)35-12)14-7-4-6-13(16(14)24)10-15-18(28-36(33,34)29(2)3)22(25,26)11-30(15)20(31)21(32)8-5-9-21/h4,6-7,15,18,28,32H,5,8-11H2,1-3H3/t15-,18+/m0/s1. The molecule has 36 heavy (non-hydrogen) atoms. The largest absolute Gasteiger partial charge is 0.429 e. The van der Waals surface area contributed by atoms with Crippen LogP contribution in [0.1, 0.15) is 30.7 Å². The number of hydrogen-bond donors (Lipinski definition) is 2. The van der Waals surface area contributed by atoms with Crippen LogP contribution in [-0.2, 0) is 21.4 Å². The van der Waals surface area contributed by atoms with Gasteiger partial charge >= 0.3 is 0 Å². The number of rotatable bonds is 7. The number of benzene rings is 1. The smallest absolute Gasteiger partial charge is 0.283 e. The molecule has 2 aromatic rings. The summed E-state index contributed by atoms with van der Waals surface area (Å²) in [6.45, 7) is 0.392. The number of amides is 1. The minimum atomic E-state index is -4.35. The van der Waals surface area contributed by atoms with Crippen LogP contribution in [0.4, 0.5) is 13.2 Å². The Morgan fingerprint density at radius 3 is 2.56 bits per heavy atom. The summed E-state index contributed by atoms with van der Waals surface area (Å²) in [6.07, 6.45) is 0.277. The Bertz CT molecular complexity index is 1280. The molecule has 2 N–H and O–H groups in total. The molecule has 198 valence electrons. The number of aryl methyl sites for hydroxylation is 1. The van der Waals surface area contributed by atoms with E-state index in [0.717, 1.165) is 23.3 Å². The highest BCUT2D eigenvalue weighted by Gasteiger charge is 2.60. The number of nitrogens with zero attached hydrogens (tertiary/aromatic N) is 3. The zero-order chi connectivity index (χ0) is 26.6. The average molecular weight is 551 g/mol. The van der Waals surface area contributed by atoms with Crippen LogP contribution in [0.15, 0.2) is 22.6 Å². The van der Waals surface area contributed by atoms with Gasteiger partial charge in [0.1, 0.15) is 23.2 Å². The van der Waals surface area contributed by atoms with Crippen molar-refractivity contribution in [1.82, 2.24) is 18.9 Å². The SMILES string of the molecule is Cc1nc(-c2cccc(C[C@H]3[C@@H](NS(=O)(=O)N(C)C)C(F)(F)CN3C(=O)C3(O)CCC3)c2F)c(Cl)o1. The lowest BCUT2D eigenvalue weighted by atomic mass is 9.79. The van der Waals surface area contributed by atoms with Gasteiger partial charge in [0.25, 0.3) is 22.0 Å². The molecular weight excluding hydrogens is 525 g/mol. The lowest BCUT2D eigenvalue weighted by Gasteiger charge is -2.40. The first-order chi connectivity index (χ1) is 16.7. The molecule has 1 aliphatic carbocycles. The van der Waals surface area contributed by atoms with E-state index in [2.05, 4.69) is 4.98 Å². The normalized spacial score (nSPS) is 23.2. The van der Waals surface area contributed by atoms with Crippen molar-refractivity contribution in [2.24, 2.45) is 0 Å². The molecule has 0 bridgehead atoms. The zero-order valence-corrected chi connectivity index (χ0v) is 21.3. The van der Waals surface area contributed by atoms with E-state index in [1.807, 2.05) is 4.72 Å². The fourth-order valence-corrected chi connectivity index (χ4v) is 5.61. The highest BCUT2D eigenvalue weighted by Crippen LogP contribution is 2.41. The highest BCUT2D eigenvalue weighted by molar-refractivity contribution is 7.87. The van der Waals surface area contributed by atoms with Crippen LogP contribution in [0.2, 0.25) is 5.22 Å². The van der Waals surface area contributed by atoms with Gasteiger partial charge in [-0.05, 0) is 48.9 Å². The molecule has 2 heterocycles. The number of hydrogen-bond acceptors (Lipinski definition) is 6. The summed E-state index contributed by atoms with van der Waals surface area (Å²) >= 11 is 6.02. The van der Waals surface area contributed by atoms with Crippen LogP contribution >= 0.6 is 11.6 Å². The minimum absolute atomic E-state index is 0.0202. The number of halogens is 4. The molecule has 14 heteroatoms. The molecule has 2 atom stereocenters. The van der Waals surface area contributed by atoms with Crippen molar-refractivity contribution in [3.05, 3.63) is 40.7 Å². The van der Waals surface area contributed by atoms with Crippen molar-refractivity contribution in [3.8, 4) is 11.3 Å². The maximum absolute atomic E-state index is 15.6. The van der Waals surface area contributed by atoms with Crippen LogP contribution < -0.4 is 4.72 Å². The Morgan fingerprint density at radius 2 is 2.03 bits per heavy atom. The maximum Gasteiger partial charge on any atom is 0.283 e. The van der Waals surface area contributed by atoms with E-state index in [1.54, 1.807) is 0 Å². The third-order valence-corrected chi connectivity index (χ3v) is 8.44. The lowest BCUT2D eigenvalue weighted by molar-refractivity contribution is -0.162. The summed E-state index contributed by atoms with van der Waals surface area (Å²) in [4.78, 5) is 18.0. The van der Waals surface area contributed by atoms with Crippen molar-refractivity contribution >= 4 is 27.7 Å². The van der Waals surface area contributed by atoms with Crippen molar-refractivity contribution in [2.75, 3.05) is 20.6 Å². The van der Waals surface area contributed by atoms with E-state index >= 15 is 13.2 Å². The Kier molecular flexibility index (Phi) is 6.92. The topological polar surface area (TPSA) is 116 Å². The lowest BCUT2D eigenvalue weighted by Crippen LogP contribution is -2.58. The second-order valence-electron chi connectivity index (χ2n) is 9.37. The fraction of sp³-hybridized carbons (Fsp3) is 0.545. The third-order valence-electron chi connectivity index (χ3n) is 6.67. The minimum Gasteiger partial charge on any atom is -0.429 e. The molecule has 1 aliphatic heterocycles. The maximum atomic E-state index is 15.6. The molecule has 9 nitrogen and oxygen atoms in total. The summed E-state index contributed by atoms with van der Waals surface area (Å²) in [5, 5.41) is 10.4. The second kappa shape index (κ2) is 9.28. The van der Waals surface area contributed by atoms with Gasteiger partial charge < -0.3 is 14.4 Å². The summed E-state index contributed by atoms with van der Waals surface area (Å²) in [5.74, 6) is -5.26. The van der Waals surface area contributed by atoms with Crippen LogP contribution in [-0.4, -0.2) is 77.9 Å². The molecule has 1 saturated carbocycles. The van der Waals surface area contributed by atoms with Crippen molar-refractivity contribution < 1.29 is 35.9 Å². The Hall–Kier alpha value is -2.19. The third kappa shape index (κ3) is 4.74. The molecule has 2 aliphatic rings. The monoisotopic (exact) mass is 550 g/mol. The number of nitrogens with one attached hydrogen (secondary N) is 1. The van der Waals surface area contributed by atoms with E-state index in [9.17, 15) is 18.3 Å². The number of carbonyl (C=O) groups is 1. The Labute approximate surface area is 211 Å². The van der Waals surface area contributed by atoms with Gasteiger partial charge in [-0.25, -0.2) is 18.2 Å². The molecule has 1 amide bonds. The number of oxazole rings is 1. The van der Waals surface area contributed by atoms with Gasteiger partial charge in [0.2, 0.25) is 5.22 Å². The first kappa shape index (κ1) is 26.9. The van der Waals surface area contributed by atoms with Crippen LogP contribution in [0.3, 0.4) is 0 Å². The summed E-state index contributed by atoms with van der Waals surface area (Å²) in [6, 6.07) is 0.627. The Morgan fingerprint density at radius 1 is 1.36 bits per heavy atom. The molecule has 1 aromatic carbocycles. The van der Waals surface area contributed by atoms with Crippen molar-refractivity contribution in [2.45, 2.75) is 56.2 Å². The van der Waals surface area contributed by atoms with E-state index in [4.69, 9.17) is 16.0 Å². The second-order valence-corrected chi connectivity index (χ2v) is 11.6. The molecule has 4 rings (SSSR count). The van der Waals surface area contributed by atoms with Gasteiger partial charge in [-0.3, -0.25) is 4.79 Å². The van der Waals surface area contributed by atoms with Crippen molar-refractivity contribution in [3.63, 3.8) is 0 Å². The quantitative estimate of drug-likeness (QED) is 0.547.